The number of nitrogens with zero attached hydrogens (tertiary/aromatic N) is 1. The summed E-state index contributed by atoms with van der Waals surface area (Å²) in [5, 5.41) is 0. The third-order valence-corrected chi connectivity index (χ3v) is 1.72. The highest BCUT2D eigenvalue weighted by atomic mass is 14.7. The minimum Gasteiger partial charge on any atom is -0.261 e. The zero-order valence-corrected chi connectivity index (χ0v) is 7.94. The fraction of sp³-hybridized carbons (Fsp3) is 0.500. The van der Waals surface area contributed by atoms with E-state index in [1.165, 1.54) is 11.1 Å². The SMILES string of the molecule is C=C1N=CCC(C)=C1C.CC. The van der Waals surface area contributed by atoms with Gasteiger partial charge >= 0.3 is 0 Å². The molecule has 0 amide bonds. The molecule has 0 radical (unpaired) electrons. The van der Waals surface area contributed by atoms with Crippen LogP contribution in [-0.4, -0.2) is 6.21 Å². The van der Waals surface area contributed by atoms with Gasteiger partial charge in [0.05, 0.1) is 5.70 Å². The first-order chi connectivity index (χ1) is 5.22. The maximum Gasteiger partial charge on any atom is 0.0582 e. The van der Waals surface area contributed by atoms with Crippen LogP contribution in [0.2, 0.25) is 0 Å². The molecule has 0 saturated heterocycles. The maximum atomic E-state index is 4.08. The van der Waals surface area contributed by atoms with Gasteiger partial charge in [-0.1, -0.05) is 26.0 Å². The minimum atomic E-state index is 0.916. The van der Waals surface area contributed by atoms with Crippen LogP contribution in [0.1, 0.15) is 34.1 Å². The summed E-state index contributed by atoms with van der Waals surface area (Å²) in [5.41, 5.74) is 3.55. The topological polar surface area (TPSA) is 12.4 Å². The van der Waals surface area contributed by atoms with E-state index in [0.717, 1.165) is 12.1 Å². The van der Waals surface area contributed by atoms with Crippen molar-refractivity contribution >= 4 is 6.21 Å². The summed E-state index contributed by atoms with van der Waals surface area (Å²) in [5.74, 6) is 0. The number of hydrogen-bond acceptors (Lipinski definition) is 1. The Morgan fingerprint density at radius 3 is 2.27 bits per heavy atom. The fourth-order valence-electron chi connectivity index (χ4n) is 0.789. The molecule has 0 aromatic rings. The van der Waals surface area contributed by atoms with Gasteiger partial charge in [0.15, 0.2) is 0 Å². The van der Waals surface area contributed by atoms with Gasteiger partial charge in [-0.15, -0.1) is 0 Å². The van der Waals surface area contributed by atoms with E-state index >= 15 is 0 Å². The summed E-state index contributed by atoms with van der Waals surface area (Å²) in [6.07, 6.45) is 2.90. The average molecular weight is 151 g/mol. The molecule has 0 aromatic heterocycles. The van der Waals surface area contributed by atoms with Crippen LogP contribution in [0.15, 0.2) is 28.4 Å². The summed E-state index contributed by atoms with van der Waals surface area (Å²) >= 11 is 0. The molecule has 1 nitrogen and oxygen atoms in total. The standard InChI is InChI=1S/C8H11N.C2H6/c1-6-4-5-9-8(3)7(6)2;1-2/h5H,3-4H2,1-2H3;1-2H3. The van der Waals surface area contributed by atoms with Crippen LogP contribution in [0.25, 0.3) is 0 Å². The molecule has 0 aromatic carbocycles. The van der Waals surface area contributed by atoms with Crippen LogP contribution >= 0.6 is 0 Å². The van der Waals surface area contributed by atoms with E-state index in [-0.39, 0.29) is 0 Å². The van der Waals surface area contributed by atoms with Crippen LogP contribution in [0, 0.1) is 0 Å². The van der Waals surface area contributed by atoms with Gasteiger partial charge in [0.1, 0.15) is 0 Å². The predicted octanol–water partition coefficient (Wildman–Crippen LogP) is 3.34. The van der Waals surface area contributed by atoms with Crippen LogP contribution in [0.5, 0.6) is 0 Å². The molecule has 0 bridgehead atoms. The Labute approximate surface area is 69.5 Å². The van der Waals surface area contributed by atoms with Crippen molar-refractivity contribution in [2.75, 3.05) is 0 Å². The van der Waals surface area contributed by atoms with Crippen LogP contribution in [0.4, 0.5) is 0 Å². The molecule has 1 aliphatic rings. The third-order valence-electron chi connectivity index (χ3n) is 1.72. The van der Waals surface area contributed by atoms with Gasteiger partial charge in [0.25, 0.3) is 0 Å². The quantitative estimate of drug-likeness (QED) is 0.503. The first-order valence-electron chi connectivity index (χ1n) is 4.10. The van der Waals surface area contributed by atoms with Crippen LogP contribution in [-0.2, 0) is 0 Å². The van der Waals surface area contributed by atoms with Crippen molar-refractivity contribution in [2.24, 2.45) is 4.99 Å². The van der Waals surface area contributed by atoms with Crippen LogP contribution in [0.3, 0.4) is 0 Å². The lowest BCUT2D eigenvalue weighted by atomic mass is 10.0. The Morgan fingerprint density at radius 2 is 1.91 bits per heavy atom. The van der Waals surface area contributed by atoms with Crippen molar-refractivity contribution in [3.8, 4) is 0 Å². The van der Waals surface area contributed by atoms with Gasteiger partial charge in [-0.25, -0.2) is 0 Å². The van der Waals surface area contributed by atoms with E-state index < -0.39 is 0 Å². The molecular formula is C10H17N. The van der Waals surface area contributed by atoms with Crippen molar-refractivity contribution < 1.29 is 0 Å². The summed E-state index contributed by atoms with van der Waals surface area (Å²) < 4.78 is 0. The van der Waals surface area contributed by atoms with Crippen molar-refractivity contribution in [1.29, 1.82) is 0 Å². The number of aliphatic imine (C=N–C) groups is 1. The molecule has 1 rings (SSSR count). The van der Waals surface area contributed by atoms with Crippen molar-refractivity contribution in [3.05, 3.63) is 23.4 Å². The van der Waals surface area contributed by atoms with E-state index in [0.29, 0.717) is 0 Å². The molecular weight excluding hydrogens is 134 g/mol. The van der Waals surface area contributed by atoms with Gasteiger partial charge in [-0.05, 0) is 19.4 Å². The summed E-state index contributed by atoms with van der Waals surface area (Å²) in [4.78, 5) is 4.08. The molecule has 0 aliphatic carbocycles. The third kappa shape index (κ3) is 2.71. The molecule has 11 heavy (non-hydrogen) atoms. The molecule has 0 unspecified atom stereocenters. The summed E-state index contributed by atoms with van der Waals surface area (Å²) in [6, 6.07) is 0. The highest BCUT2D eigenvalue weighted by molar-refractivity contribution is 5.67. The Kier molecular flexibility index (Phi) is 4.51. The van der Waals surface area contributed by atoms with E-state index in [2.05, 4.69) is 25.4 Å². The first kappa shape index (κ1) is 10.2. The van der Waals surface area contributed by atoms with Crippen LogP contribution < -0.4 is 0 Å². The Morgan fingerprint density at radius 1 is 1.36 bits per heavy atom. The lowest BCUT2D eigenvalue weighted by molar-refractivity contribution is 1.12. The molecule has 0 N–H and O–H groups in total. The lowest BCUT2D eigenvalue weighted by Gasteiger charge is -2.09. The normalized spacial score (nSPS) is 16.2. The number of dihydropyridines is 1. The maximum absolute atomic E-state index is 4.08. The molecule has 1 heteroatoms. The van der Waals surface area contributed by atoms with Crippen molar-refractivity contribution in [3.63, 3.8) is 0 Å². The molecule has 0 atom stereocenters. The first-order valence-corrected chi connectivity index (χ1v) is 4.10. The van der Waals surface area contributed by atoms with Gasteiger partial charge in [-0.2, -0.15) is 0 Å². The zero-order valence-electron chi connectivity index (χ0n) is 7.94. The van der Waals surface area contributed by atoms with E-state index in [1.807, 2.05) is 20.1 Å². The minimum absolute atomic E-state index is 0.916. The highest BCUT2D eigenvalue weighted by Gasteiger charge is 2.02. The fourth-order valence-corrected chi connectivity index (χ4v) is 0.789. The van der Waals surface area contributed by atoms with Gasteiger partial charge < -0.3 is 0 Å². The number of allylic oxidation sites excluding steroid dienone is 2. The second kappa shape index (κ2) is 4.89. The summed E-state index contributed by atoms with van der Waals surface area (Å²) in [6.45, 7) is 12.0. The van der Waals surface area contributed by atoms with E-state index in [4.69, 9.17) is 0 Å². The molecule has 0 spiro atoms. The number of rotatable bonds is 0. The van der Waals surface area contributed by atoms with Gasteiger partial charge in [0, 0.05) is 12.6 Å². The second-order valence-electron chi connectivity index (χ2n) is 2.37. The molecule has 62 valence electrons. The van der Waals surface area contributed by atoms with E-state index in [9.17, 15) is 0 Å². The smallest absolute Gasteiger partial charge is 0.0582 e. The van der Waals surface area contributed by atoms with Crippen molar-refractivity contribution in [2.45, 2.75) is 34.1 Å². The van der Waals surface area contributed by atoms with Gasteiger partial charge in [-0.3, -0.25) is 4.99 Å². The molecule has 0 saturated carbocycles. The average Bonchev–Trinajstić information content (AvgIpc) is 2.04. The van der Waals surface area contributed by atoms with Gasteiger partial charge in [0.2, 0.25) is 0 Å². The highest BCUT2D eigenvalue weighted by Crippen LogP contribution is 2.18. The molecule has 1 heterocycles. The molecule has 0 fully saturated rings. The number of hydrogen-bond donors (Lipinski definition) is 0. The Balaban J connectivity index is 0.000000461. The van der Waals surface area contributed by atoms with Crippen molar-refractivity contribution in [1.82, 2.24) is 0 Å². The van der Waals surface area contributed by atoms with E-state index in [1.54, 1.807) is 0 Å². The monoisotopic (exact) mass is 151 g/mol. The lowest BCUT2D eigenvalue weighted by Crippen LogP contribution is -1.94. The summed E-state index contributed by atoms with van der Waals surface area (Å²) in [7, 11) is 0. The second-order valence-corrected chi connectivity index (χ2v) is 2.37. The zero-order chi connectivity index (χ0) is 8.85. The Bertz CT molecular complexity index is 197. The largest absolute Gasteiger partial charge is 0.261 e. The Hall–Kier alpha value is -0.850. The predicted molar refractivity (Wildman–Crippen MR) is 52.0 cm³/mol. The molecule has 1 aliphatic heterocycles.